The van der Waals surface area contributed by atoms with Crippen molar-refractivity contribution < 1.29 is 4.74 Å². The van der Waals surface area contributed by atoms with Crippen molar-refractivity contribution in [2.75, 3.05) is 66.1 Å². The third-order valence-electron chi connectivity index (χ3n) is 5.31. The molecule has 0 aromatic carbocycles. The summed E-state index contributed by atoms with van der Waals surface area (Å²) in [4.78, 5) is 9.73. The Kier molecular flexibility index (Phi) is 10.2. The van der Waals surface area contributed by atoms with Crippen molar-refractivity contribution in [1.82, 2.24) is 20.4 Å². The minimum Gasteiger partial charge on any atom is -0.379 e. The van der Waals surface area contributed by atoms with Crippen LogP contribution < -0.4 is 10.6 Å². The molecule has 25 heavy (non-hydrogen) atoms. The maximum atomic E-state index is 5.39. The van der Waals surface area contributed by atoms with E-state index >= 15 is 0 Å². The fourth-order valence-electron chi connectivity index (χ4n) is 3.71. The summed E-state index contributed by atoms with van der Waals surface area (Å²) in [5.41, 5.74) is 0. The Bertz CT molecular complexity index is 365. The third kappa shape index (κ3) is 8.38. The molecule has 1 saturated heterocycles. The molecule has 0 unspecified atom stereocenters. The molecule has 0 aromatic heterocycles. The lowest BCUT2D eigenvalue weighted by Crippen LogP contribution is -2.44. The van der Waals surface area contributed by atoms with Crippen LogP contribution in [0.1, 0.15) is 45.4 Å². The summed E-state index contributed by atoms with van der Waals surface area (Å²) in [7, 11) is 2.28. The fourth-order valence-corrected chi connectivity index (χ4v) is 3.71. The van der Waals surface area contributed by atoms with Crippen molar-refractivity contribution in [1.29, 1.82) is 0 Å². The van der Waals surface area contributed by atoms with Gasteiger partial charge in [-0.05, 0) is 39.8 Å². The van der Waals surface area contributed by atoms with Gasteiger partial charge in [-0.3, -0.25) is 9.89 Å². The summed E-state index contributed by atoms with van der Waals surface area (Å²) >= 11 is 0. The molecule has 0 bridgehead atoms. The van der Waals surface area contributed by atoms with E-state index < -0.39 is 0 Å². The smallest absolute Gasteiger partial charge is 0.191 e. The molecule has 1 heterocycles. The number of hydrogen-bond acceptors (Lipinski definition) is 4. The van der Waals surface area contributed by atoms with Crippen LogP contribution in [0.25, 0.3) is 0 Å². The van der Waals surface area contributed by atoms with E-state index in [0.717, 1.165) is 77.4 Å². The van der Waals surface area contributed by atoms with Crippen molar-refractivity contribution in [3.8, 4) is 0 Å². The summed E-state index contributed by atoms with van der Waals surface area (Å²) in [6.45, 7) is 10.9. The highest BCUT2D eigenvalue weighted by Crippen LogP contribution is 2.21. The lowest BCUT2D eigenvalue weighted by molar-refractivity contribution is 0.0389. The Morgan fingerprint density at radius 3 is 2.64 bits per heavy atom. The third-order valence-corrected chi connectivity index (χ3v) is 5.31. The van der Waals surface area contributed by atoms with Crippen LogP contribution in [-0.2, 0) is 4.74 Å². The number of rotatable bonds is 9. The predicted molar refractivity (Wildman–Crippen MR) is 105 cm³/mol. The second-order valence-electron chi connectivity index (χ2n) is 7.27. The van der Waals surface area contributed by atoms with E-state index in [4.69, 9.17) is 9.73 Å². The van der Waals surface area contributed by atoms with Crippen LogP contribution in [0.15, 0.2) is 4.99 Å². The molecular formula is C19H39N5O. The average molecular weight is 354 g/mol. The molecule has 6 nitrogen and oxygen atoms in total. The van der Waals surface area contributed by atoms with Crippen LogP contribution >= 0.6 is 0 Å². The minimum atomic E-state index is 0.803. The van der Waals surface area contributed by atoms with Gasteiger partial charge in [0.05, 0.1) is 13.2 Å². The molecule has 0 amide bonds. The van der Waals surface area contributed by atoms with Crippen molar-refractivity contribution in [2.45, 2.75) is 51.5 Å². The maximum absolute atomic E-state index is 5.39. The first kappa shape index (κ1) is 20.5. The van der Waals surface area contributed by atoms with Crippen molar-refractivity contribution >= 4 is 5.96 Å². The molecule has 2 aliphatic rings. The summed E-state index contributed by atoms with van der Waals surface area (Å²) in [5, 5.41) is 6.82. The predicted octanol–water partition coefficient (Wildman–Crippen LogP) is 1.53. The molecule has 0 atom stereocenters. The lowest BCUT2D eigenvalue weighted by atomic mass is 9.94. The zero-order chi connectivity index (χ0) is 17.7. The van der Waals surface area contributed by atoms with E-state index in [9.17, 15) is 0 Å². The van der Waals surface area contributed by atoms with Crippen LogP contribution in [0.4, 0.5) is 0 Å². The molecule has 6 heteroatoms. The highest BCUT2D eigenvalue weighted by atomic mass is 16.5. The SMILES string of the molecule is CCNC(=NCCCN(C)C1CCCCC1)NCCN1CCOCC1. The van der Waals surface area contributed by atoms with Gasteiger partial charge in [-0.25, -0.2) is 0 Å². The Morgan fingerprint density at radius 1 is 1.16 bits per heavy atom. The van der Waals surface area contributed by atoms with Gasteiger partial charge in [-0.2, -0.15) is 0 Å². The summed E-state index contributed by atoms with van der Waals surface area (Å²) in [5.74, 6) is 0.955. The molecule has 146 valence electrons. The topological polar surface area (TPSA) is 52.1 Å². The number of nitrogens with zero attached hydrogens (tertiary/aromatic N) is 3. The highest BCUT2D eigenvalue weighted by molar-refractivity contribution is 5.79. The molecular weight excluding hydrogens is 314 g/mol. The molecule has 2 rings (SSSR count). The second-order valence-corrected chi connectivity index (χ2v) is 7.27. The van der Waals surface area contributed by atoms with E-state index in [-0.39, 0.29) is 0 Å². The van der Waals surface area contributed by atoms with Crippen LogP contribution in [-0.4, -0.2) is 87.9 Å². The van der Waals surface area contributed by atoms with Crippen molar-refractivity contribution in [3.05, 3.63) is 0 Å². The monoisotopic (exact) mass is 353 g/mol. The summed E-state index contributed by atoms with van der Waals surface area (Å²) in [6.07, 6.45) is 8.14. The van der Waals surface area contributed by atoms with Gasteiger partial charge in [0, 0.05) is 45.3 Å². The van der Waals surface area contributed by atoms with Gasteiger partial charge >= 0.3 is 0 Å². The molecule has 1 aliphatic heterocycles. The van der Waals surface area contributed by atoms with E-state index in [2.05, 4.69) is 34.4 Å². The normalized spacial score (nSPS) is 20.8. The van der Waals surface area contributed by atoms with E-state index in [1.54, 1.807) is 0 Å². The Labute approximate surface area is 154 Å². The molecule has 2 fully saturated rings. The zero-order valence-corrected chi connectivity index (χ0v) is 16.4. The zero-order valence-electron chi connectivity index (χ0n) is 16.4. The van der Waals surface area contributed by atoms with E-state index in [1.807, 2.05) is 0 Å². The number of nitrogens with one attached hydrogen (secondary N) is 2. The number of guanidine groups is 1. The molecule has 1 aliphatic carbocycles. The van der Waals surface area contributed by atoms with Crippen LogP contribution in [0.5, 0.6) is 0 Å². The number of hydrogen-bond donors (Lipinski definition) is 2. The van der Waals surface area contributed by atoms with Gasteiger partial charge < -0.3 is 20.3 Å². The summed E-state index contributed by atoms with van der Waals surface area (Å²) in [6, 6.07) is 0.803. The molecule has 2 N–H and O–H groups in total. The van der Waals surface area contributed by atoms with Gasteiger partial charge in [0.15, 0.2) is 5.96 Å². The van der Waals surface area contributed by atoms with Crippen LogP contribution in [0.3, 0.4) is 0 Å². The highest BCUT2D eigenvalue weighted by Gasteiger charge is 2.17. The van der Waals surface area contributed by atoms with E-state index in [0.29, 0.717) is 0 Å². The molecule has 0 radical (unpaired) electrons. The lowest BCUT2D eigenvalue weighted by Gasteiger charge is -2.31. The number of aliphatic imine (C=N–C) groups is 1. The first-order valence-corrected chi connectivity index (χ1v) is 10.3. The Balaban J connectivity index is 1.60. The second kappa shape index (κ2) is 12.5. The van der Waals surface area contributed by atoms with Crippen LogP contribution in [0.2, 0.25) is 0 Å². The average Bonchev–Trinajstić information content (AvgIpc) is 2.66. The van der Waals surface area contributed by atoms with Crippen LogP contribution in [0, 0.1) is 0 Å². The number of morpholine rings is 1. The molecule has 0 spiro atoms. The maximum Gasteiger partial charge on any atom is 0.191 e. The largest absolute Gasteiger partial charge is 0.379 e. The van der Waals surface area contributed by atoms with Gasteiger partial charge in [0.25, 0.3) is 0 Å². The van der Waals surface area contributed by atoms with Gasteiger partial charge in [-0.15, -0.1) is 0 Å². The van der Waals surface area contributed by atoms with Crippen molar-refractivity contribution in [3.63, 3.8) is 0 Å². The van der Waals surface area contributed by atoms with Gasteiger partial charge in [0.1, 0.15) is 0 Å². The van der Waals surface area contributed by atoms with Gasteiger partial charge in [-0.1, -0.05) is 19.3 Å². The standard InChI is InChI=1S/C19H39N5O/c1-3-20-19(22-11-13-24-14-16-25-17-15-24)21-10-7-12-23(2)18-8-5-4-6-9-18/h18H,3-17H2,1-2H3,(H2,20,21,22). The first-order chi connectivity index (χ1) is 12.3. The fraction of sp³-hybridized carbons (Fsp3) is 0.947. The molecule has 1 saturated carbocycles. The minimum absolute atomic E-state index is 0.803. The first-order valence-electron chi connectivity index (χ1n) is 10.3. The van der Waals surface area contributed by atoms with Crippen molar-refractivity contribution in [2.24, 2.45) is 4.99 Å². The summed E-state index contributed by atoms with van der Waals surface area (Å²) < 4.78 is 5.39. The van der Waals surface area contributed by atoms with Gasteiger partial charge in [0.2, 0.25) is 0 Å². The Morgan fingerprint density at radius 2 is 1.92 bits per heavy atom. The number of ether oxygens (including phenoxy) is 1. The Hall–Kier alpha value is -0.850. The molecule has 0 aromatic rings. The van der Waals surface area contributed by atoms with E-state index in [1.165, 1.54) is 32.1 Å². The quantitative estimate of drug-likeness (QED) is 0.374.